The van der Waals surface area contributed by atoms with Crippen molar-refractivity contribution in [3.8, 4) is 16.9 Å². The lowest BCUT2D eigenvalue weighted by atomic mass is 9.86. The molecule has 5 rings (SSSR count). The fourth-order valence-corrected chi connectivity index (χ4v) is 3.55. The van der Waals surface area contributed by atoms with Crippen LogP contribution in [0.25, 0.3) is 27.7 Å². The van der Waals surface area contributed by atoms with Crippen LogP contribution in [0.5, 0.6) is 0 Å². The lowest BCUT2D eigenvalue weighted by Gasteiger charge is -2.20. The fourth-order valence-electron chi connectivity index (χ4n) is 3.55. The van der Waals surface area contributed by atoms with E-state index >= 15 is 0 Å². The van der Waals surface area contributed by atoms with Gasteiger partial charge in [-0.1, -0.05) is 59.3 Å². The van der Waals surface area contributed by atoms with Gasteiger partial charge in [0, 0.05) is 17.7 Å². The van der Waals surface area contributed by atoms with E-state index in [0.717, 1.165) is 38.8 Å². The average molecular weight is 299 g/mol. The number of hydrogen-bond donors (Lipinski definition) is 2. The van der Waals surface area contributed by atoms with Gasteiger partial charge in [0.05, 0.1) is 5.56 Å². The topological polar surface area (TPSA) is 39.9 Å². The lowest BCUT2D eigenvalue weighted by molar-refractivity contribution is -0.654. The van der Waals surface area contributed by atoms with E-state index in [2.05, 4.69) is 29.4 Å². The third kappa shape index (κ3) is 1.71. The molecule has 0 bridgehead atoms. The number of H-pyrrole nitrogens is 1. The Morgan fingerprint density at radius 2 is 1.61 bits per heavy atom. The molecule has 0 fully saturated rings. The Morgan fingerprint density at radius 3 is 2.43 bits per heavy atom. The monoisotopic (exact) mass is 299 g/mol. The minimum atomic E-state index is -0.607. The van der Waals surface area contributed by atoms with Crippen LogP contribution in [0.3, 0.4) is 0 Å². The second-order valence-corrected chi connectivity index (χ2v) is 5.93. The number of fused-ring (bicyclic) bond motifs is 2. The standard InChI is InChI=1S/C20H14N2O/c23-20-16-11-5-7-13-6-4-10-15(18(13)16)19-17(20)12-22(21-19)14-8-2-1-3-9-14/h1-12,20,23H/p+1. The molecule has 1 unspecified atom stereocenters. The molecular weight excluding hydrogens is 284 g/mol. The van der Waals surface area contributed by atoms with Crippen LogP contribution in [-0.4, -0.2) is 10.2 Å². The Balaban J connectivity index is 1.82. The number of para-hydroxylation sites is 1. The van der Waals surface area contributed by atoms with E-state index in [4.69, 9.17) is 0 Å². The van der Waals surface area contributed by atoms with Crippen molar-refractivity contribution in [2.24, 2.45) is 0 Å². The first-order valence-electron chi connectivity index (χ1n) is 7.73. The highest BCUT2D eigenvalue weighted by molar-refractivity contribution is 6.01. The molecule has 0 saturated heterocycles. The van der Waals surface area contributed by atoms with Gasteiger partial charge in [0.1, 0.15) is 11.8 Å². The third-order valence-corrected chi connectivity index (χ3v) is 4.62. The van der Waals surface area contributed by atoms with Crippen molar-refractivity contribution in [3.63, 3.8) is 0 Å². The molecule has 4 aromatic rings. The molecule has 0 radical (unpaired) electrons. The summed E-state index contributed by atoms with van der Waals surface area (Å²) in [5, 5.41) is 16.6. The molecule has 3 heteroatoms. The van der Waals surface area contributed by atoms with Gasteiger partial charge in [-0.2, -0.15) is 5.10 Å². The highest BCUT2D eigenvalue weighted by Crippen LogP contribution is 2.42. The number of aromatic nitrogens is 2. The van der Waals surface area contributed by atoms with Gasteiger partial charge in [0.15, 0.2) is 0 Å². The second-order valence-electron chi connectivity index (χ2n) is 5.93. The number of nitrogens with one attached hydrogen (secondary N) is 1. The van der Waals surface area contributed by atoms with Crippen molar-refractivity contribution in [2.45, 2.75) is 6.10 Å². The summed E-state index contributed by atoms with van der Waals surface area (Å²) >= 11 is 0. The maximum atomic E-state index is 10.9. The third-order valence-electron chi connectivity index (χ3n) is 4.62. The van der Waals surface area contributed by atoms with E-state index in [1.54, 1.807) is 0 Å². The molecule has 23 heavy (non-hydrogen) atoms. The van der Waals surface area contributed by atoms with Gasteiger partial charge in [-0.3, -0.25) is 0 Å². The maximum absolute atomic E-state index is 10.9. The Hall–Kier alpha value is -2.91. The highest BCUT2D eigenvalue weighted by Gasteiger charge is 2.31. The SMILES string of the molecule is OC1c2c[n+](-c3ccccc3)[nH]c2-c2cccc3cccc1c23. The lowest BCUT2D eigenvalue weighted by Crippen LogP contribution is -2.31. The number of nitrogens with zero attached hydrogens (tertiary/aromatic N) is 1. The van der Waals surface area contributed by atoms with E-state index in [-0.39, 0.29) is 0 Å². The molecule has 1 atom stereocenters. The molecule has 0 spiro atoms. The smallest absolute Gasteiger partial charge is 0.235 e. The van der Waals surface area contributed by atoms with Crippen molar-refractivity contribution in [3.05, 3.63) is 84.1 Å². The van der Waals surface area contributed by atoms with Crippen LogP contribution in [-0.2, 0) is 0 Å². The van der Waals surface area contributed by atoms with Gasteiger partial charge in [0.2, 0.25) is 11.9 Å². The Labute approximate surface area is 133 Å². The van der Waals surface area contributed by atoms with Gasteiger partial charge in [-0.05, 0) is 16.3 Å². The predicted octanol–water partition coefficient (Wildman–Crippen LogP) is 3.51. The van der Waals surface area contributed by atoms with Crippen molar-refractivity contribution < 1.29 is 9.79 Å². The number of aliphatic hydroxyl groups is 1. The number of rotatable bonds is 1. The van der Waals surface area contributed by atoms with Crippen LogP contribution >= 0.6 is 0 Å². The van der Waals surface area contributed by atoms with E-state index < -0.39 is 6.10 Å². The highest BCUT2D eigenvalue weighted by atomic mass is 16.3. The molecule has 1 aliphatic carbocycles. The molecule has 0 amide bonds. The van der Waals surface area contributed by atoms with Gasteiger partial charge in [-0.25, -0.2) is 0 Å². The van der Waals surface area contributed by atoms with E-state index in [1.807, 2.05) is 53.3 Å². The molecule has 1 aromatic heterocycles. The van der Waals surface area contributed by atoms with Crippen molar-refractivity contribution in [1.29, 1.82) is 0 Å². The summed E-state index contributed by atoms with van der Waals surface area (Å²) in [4.78, 5) is 0. The minimum absolute atomic E-state index is 0.607. The summed E-state index contributed by atoms with van der Waals surface area (Å²) < 4.78 is 1.97. The molecule has 1 aliphatic rings. The number of benzene rings is 3. The van der Waals surface area contributed by atoms with Gasteiger partial charge >= 0.3 is 0 Å². The summed E-state index contributed by atoms with van der Waals surface area (Å²) in [5.74, 6) is 0. The van der Waals surface area contributed by atoms with Crippen molar-refractivity contribution in [2.75, 3.05) is 0 Å². The van der Waals surface area contributed by atoms with Crippen LogP contribution in [0.2, 0.25) is 0 Å². The van der Waals surface area contributed by atoms with Gasteiger partial charge in [-0.15, -0.1) is 0 Å². The van der Waals surface area contributed by atoms with Crippen LogP contribution in [0.1, 0.15) is 17.2 Å². The zero-order valence-electron chi connectivity index (χ0n) is 12.4. The largest absolute Gasteiger partial charge is 0.383 e. The van der Waals surface area contributed by atoms with E-state index in [0.29, 0.717) is 0 Å². The molecular formula is C20H15N2O+. The second kappa shape index (κ2) is 4.54. The fraction of sp³-hybridized carbons (Fsp3) is 0.0500. The van der Waals surface area contributed by atoms with Crippen molar-refractivity contribution in [1.82, 2.24) is 5.10 Å². The molecule has 110 valence electrons. The Kier molecular flexibility index (Phi) is 2.49. The predicted molar refractivity (Wildman–Crippen MR) is 89.3 cm³/mol. The zero-order chi connectivity index (χ0) is 15.4. The first-order chi connectivity index (χ1) is 11.3. The average Bonchev–Trinajstić information content (AvgIpc) is 3.06. The summed E-state index contributed by atoms with van der Waals surface area (Å²) in [7, 11) is 0. The summed E-state index contributed by atoms with van der Waals surface area (Å²) in [6.45, 7) is 0. The normalized spacial score (nSPS) is 15.6. The van der Waals surface area contributed by atoms with Crippen LogP contribution in [0, 0.1) is 0 Å². The Morgan fingerprint density at radius 1 is 0.826 bits per heavy atom. The molecule has 3 nitrogen and oxygen atoms in total. The quantitative estimate of drug-likeness (QED) is 0.519. The molecule has 1 heterocycles. The molecule has 0 saturated carbocycles. The molecule has 3 aromatic carbocycles. The van der Waals surface area contributed by atoms with Crippen LogP contribution in [0.15, 0.2) is 72.9 Å². The first kappa shape index (κ1) is 12.6. The van der Waals surface area contributed by atoms with Gasteiger partial charge < -0.3 is 5.11 Å². The Bertz CT molecular complexity index is 1030. The molecule has 0 aliphatic heterocycles. The van der Waals surface area contributed by atoms with Crippen molar-refractivity contribution >= 4 is 10.8 Å². The van der Waals surface area contributed by atoms with Crippen LogP contribution in [0.4, 0.5) is 0 Å². The first-order valence-corrected chi connectivity index (χ1v) is 7.73. The maximum Gasteiger partial charge on any atom is 0.235 e. The zero-order valence-corrected chi connectivity index (χ0v) is 12.4. The minimum Gasteiger partial charge on any atom is -0.383 e. The van der Waals surface area contributed by atoms with Gasteiger partial charge in [0.25, 0.3) is 0 Å². The number of aromatic amines is 1. The molecule has 2 N–H and O–H groups in total. The van der Waals surface area contributed by atoms with Crippen LogP contribution < -0.4 is 4.68 Å². The summed E-state index contributed by atoms with van der Waals surface area (Å²) in [6, 6.07) is 22.5. The number of hydrogen-bond acceptors (Lipinski definition) is 1. The number of aliphatic hydroxyl groups excluding tert-OH is 1. The summed E-state index contributed by atoms with van der Waals surface area (Å²) in [6.07, 6.45) is 1.38. The summed E-state index contributed by atoms with van der Waals surface area (Å²) in [5.41, 5.74) is 5.08. The van der Waals surface area contributed by atoms with E-state index in [1.165, 1.54) is 0 Å². The van der Waals surface area contributed by atoms with E-state index in [9.17, 15) is 5.11 Å².